The molecule has 104 valence electrons. The van der Waals surface area contributed by atoms with E-state index >= 15 is 0 Å². The molecule has 0 aliphatic carbocycles. The molecule has 2 aliphatic rings. The van der Waals surface area contributed by atoms with E-state index in [-0.39, 0.29) is 23.9 Å². The van der Waals surface area contributed by atoms with Crippen molar-refractivity contribution in [3.8, 4) is 0 Å². The van der Waals surface area contributed by atoms with Crippen LogP contribution in [-0.2, 0) is 14.3 Å². The third kappa shape index (κ3) is 2.68. The van der Waals surface area contributed by atoms with E-state index in [1.54, 1.807) is 7.11 Å². The van der Waals surface area contributed by atoms with Crippen LogP contribution in [0.4, 0.5) is 0 Å². The summed E-state index contributed by atoms with van der Waals surface area (Å²) in [5.41, 5.74) is 0. The first-order valence-corrected chi connectivity index (χ1v) is 6.75. The highest BCUT2D eigenvalue weighted by atomic mass is 16.5. The van der Waals surface area contributed by atoms with Crippen LogP contribution in [0.2, 0.25) is 0 Å². The van der Waals surface area contributed by atoms with Gasteiger partial charge in [-0.3, -0.25) is 4.79 Å². The summed E-state index contributed by atoms with van der Waals surface area (Å²) in [7, 11) is 3.64. The Morgan fingerprint density at radius 2 is 2.22 bits per heavy atom. The number of piperidine rings is 1. The van der Waals surface area contributed by atoms with E-state index in [2.05, 4.69) is 12.2 Å². The number of nitrogens with zero attached hydrogens (tertiary/aromatic N) is 1. The summed E-state index contributed by atoms with van der Waals surface area (Å²) >= 11 is 0. The highest BCUT2D eigenvalue weighted by Crippen LogP contribution is 2.24. The molecule has 0 aromatic rings. The predicted octanol–water partition coefficient (Wildman–Crippen LogP) is 0.247. The maximum absolute atomic E-state index is 12.5. The van der Waals surface area contributed by atoms with Crippen LogP contribution in [-0.4, -0.2) is 62.9 Å². The summed E-state index contributed by atoms with van der Waals surface area (Å²) in [6, 6.07) is 0.416. The average molecular weight is 256 g/mol. The first kappa shape index (κ1) is 13.8. The van der Waals surface area contributed by atoms with Gasteiger partial charge in [0.25, 0.3) is 0 Å². The molecular weight excluding hydrogens is 232 g/mol. The van der Waals surface area contributed by atoms with E-state index in [0.29, 0.717) is 19.3 Å². The molecule has 0 bridgehead atoms. The Hall–Kier alpha value is -0.650. The monoisotopic (exact) mass is 256 g/mol. The standard InChI is InChI=1S/C13H24N2O3/c1-9-6-10(17-3)4-5-15(9)13(16)11-7-18-8-12(11)14-2/h9-12,14H,4-8H2,1-3H3. The molecule has 5 heteroatoms. The van der Waals surface area contributed by atoms with Crippen molar-refractivity contribution >= 4 is 5.91 Å². The molecule has 5 nitrogen and oxygen atoms in total. The summed E-state index contributed by atoms with van der Waals surface area (Å²) in [5, 5.41) is 3.17. The van der Waals surface area contributed by atoms with Gasteiger partial charge in [0.1, 0.15) is 0 Å². The fourth-order valence-corrected chi connectivity index (χ4v) is 2.97. The van der Waals surface area contributed by atoms with Gasteiger partial charge in [0, 0.05) is 25.7 Å². The Kier molecular flexibility index (Phi) is 4.59. The Morgan fingerprint density at radius 3 is 2.83 bits per heavy atom. The first-order chi connectivity index (χ1) is 8.67. The third-order valence-electron chi connectivity index (χ3n) is 4.21. The highest BCUT2D eigenvalue weighted by Gasteiger charge is 2.38. The van der Waals surface area contributed by atoms with E-state index in [9.17, 15) is 4.79 Å². The number of rotatable bonds is 3. The Balaban J connectivity index is 1.97. The largest absolute Gasteiger partial charge is 0.381 e. The minimum Gasteiger partial charge on any atom is -0.381 e. The van der Waals surface area contributed by atoms with Gasteiger partial charge in [-0.05, 0) is 26.8 Å². The van der Waals surface area contributed by atoms with Crippen molar-refractivity contribution in [1.82, 2.24) is 10.2 Å². The van der Waals surface area contributed by atoms with Gasteiger partial charge in [-0.15, -0.1) is 0 Å². The maximum Gasteiger partial charge on any atom is 0.229 e. The fourth-order valence-electron chi connectivity index (χ4n) is 2.97. The number of carbonyl (C=O) groups excluding carboxylic acids is 1. The molecule has 2 saturated heterocycles. The predicted molar refractivity (Wildman–Crippen MR) is 68.4 cm³/mol. The molecule has 4 unspecified atom stereocenters. The molecule has 0 radical (unpaired) electrons. The van der Waals surface area contributed by atoms with Gasteiger partial charge in [0.05, 0.1) is 25.2 Å². The smallest absolute Gasteiger partial charge is 0.229 e. The second-order valence-electron chi connectivity index (χ2n) is 5.30. The number of hydrogen-bond acceptors (Lipinski definition) is 4. The van der Waals surface area contributed by atoms with Crippen molar-refractivity contribution in [2.24, 2.45) is 5.92 Å². The topological polar surface area (TPSA) is 50.8 Å². The van der Waals surface area contributed by atoms with Gasteiger partial charge in [0.2, 0.25) is 5.91 Å². The van der Waals surface area contributed by atoms with Gasteiger partial charge in [0.15, 0.2) is 0 Å². The number of ether oxygens (including phenoxy) is 2. The van der Waals surface area contributed by atoms with Crippen molar-refractivity contribution in [3.05, 3.63) is 0 Å². The lowest BCUT2D eigenvalue weighted by Crippen LogP contribution is -2.52. The van der Waals surface area contributed by atoms with Crippen molar-refractivity contribution < 1.29 is 14.3 Å². The Bertz CT molecular complexity index is 298. The van der Waals surface area contributed by atoms with Crippen LogP contribution in [0.3, 0.4) is 0 Å². The zero-order valence-corrected chi connectivity index (χ0v) is 11.5. The molecule has 0 aromatic carbocycles. The van der Waals surface area contributed by atoms with E-state index in [4.69, 9.17) is 9.47 Å². The minimum absolute atomic E-state index is 0.0310. The number of likely N-dealkylation sites (tertiary alicyclic amines) is 1. The average Bonchev–Trinajstić information content (AvgIpc) is 2.86. The van der Waals surface area contributed by atoms with Crippen molar-refractivity contribution in [2.45, 2.75) is 38.0 Å². The van der Waals surface area contributed by atoms with Crippen LogP contribution in [0.25, 0.3) is 0 Å². The molecule has 1 N–H and O–H groups in total. The number of nitrogens with one attached hydrogen (secondary N) is 1. The third-order valence-corrected chi connectivity index (χ3v) is 4.21. The number of methoxy groups -OCH3 is 1. The molecule has 1 amide bonds. The van der Waals surface area contributed by atoms with Crippen LogP contribution < -0.4 is 5.32 Å². The van der Waals surface area contributed by atoms with E-state index in [0.717, 1.165) is 19.4 Å². The van der Waals surface area contributed by atoms with Crippen molar-refractivity contribution in [3.63, 3.8) is 0 Å². The second-order valence-corrected chi connectivity index (χ2v) is 5.30. The minimum atomic E-state index is -0.0310. The van der Waals surface area contributed by atoms with Gasteiger partial charge in [-0.2, -0.15) is 0 Å². The van der Waals surface area contributed by atoms with Crippen LogP contribution in [0.15, 0.2) is 0 Å². The van der Waals surface area contributed by atoms with Gasteiger partial charge in [-0.25, -0.2) is 0 Å². The molecule has 0 spiro atoms. The lowest BCUT2D eigenvalue weighted by atomic mass is 9.96. The second kappa shape index (κ2) is 5.99. The number of likely N-dealkylation sites (N-methyl/N-ethyl adjacent to an activating group) is 1. The summed E-state index contributed by atoms with van der Waals surface area (Å²) < 4.78 is 10.8. The van der Waals surface area contributed by atoms with Gasteiger partial charge < -0.3 is 19.7 Å². The molecule has 18 heavy (non-hydrogen) atoms. The molecule has 2 rings (SSSR count). The first-order valence-electron chi connectivity index (χ1n) is 6.75. The summed E-state index contributed by atoms with van der Waals surface area (Å²) in [4.78, 5) is 14.5. The lowest BCUT2D eigenvalue weighted by Gasteiger charge is -2.39. The quantitative estimate of drug-likeness (QED) is 0.786. The molecule has 2 heterocycles. The SMILES string of the molecule is CNC1COCC1C(=O)N1CCC(OC)CC1C. The fraction of sp³-hybridized carbons (Fsp3) is 0.923. The van der Waals surface area contributed by atoms with Crippen LogP contribution in [0, 0.1) is 5.92 Å². The molecule has 0 aromatic heterocycles. The summed E-state index contributed by atoms with van der Waals surface area (Å²) in [6.07, 6.45) is 2.16. The van der Waals surface area contributed by atoms with Crippen molar-refractivity contribution in [2.75, 3.05) is 33.9 Å². The zero-order chi connectivity index (χ0) is 13.1. The van der Waals surface area contributed by atoms with Crippen LogP contribution in [0.1, 0.15) is 19.8 Å². The zero-order valence-electron chi connectivity index (χ0n) is 11.5. The normalized spacial score (nSPS) is 36.9. The van der Waals surface area contributed by atoms with Gasteiger partial charge in [-0.1, -0.05) is 0 Å². The molecular formula is C13H24N2O3. The number of carbonyl (C=O) groups is 1. The number of amides is 1. The van der Waals surface area contributed by atoms with Crippen molar-refractivity contribution in [1.29, 1.82) is 0 Å². The van der Waals surface area contributed by atoms with E-state index in [1.165, 1.54) is 0 Å². The summed E-state index contributed by atoms with van der Waals surface area (Å²) in [6.45, 7) is 4.08. The summed E-state index contributed by atoms with van der Waals surface area (Å²) in [5.74, 6) is 0.199. The lowest BCUT2D eigenvalue weighted by molar-refractivity contribution is -0.141. The van der Waals surface area contributed by atoms with Crippen LogP contribution >= 0.6 is 0 Å². The van der Waals surface area contributed by atoms with Gasteiger partial charge >= 0.3 is 0 Å². The molecule has 2 fully saturated rings. The number of hydrogen-bond donors (Lipinski definition) is 1. The van der Waals surface area contributed by atoms with E-state index in [1.807, 2.05) is 11.9 Å². The highest BCUT2D eigenvalue weighted by molar-refractivity contribution is 5.80. The molecule has 2 aliphatic heterocycles. The molecule has 0 saturated carbocycles. The van der Waals surface area contributed by atoms with E-state index < -0.39 is 0 Å². The Labute approximate surface area is 109 Å². The maximum atomic E-state index is 12.5. The van der Waals surface area contributed by atoms with Crippen LogP contribution in [0.5, 0.6) is 0 Å². The molecule has 4 atom stereocenters. The Morgan fingerprint density at radius 1 is 1.44 bits per heavy atom.